The van der Waals surface area contributed by atoms with E-state index in [1.807, 2.05) is 19.1 Å². The number of anilines is 1. The van der Waals surface area contributed by atoms with Crippen molar-refractivity contribution in [2.24, 2.45) is 4.99 Å². The summed E-state index contributed by atoms with van der Waals surface area (Å²) in [5, 5.41) is 6.18. The molecular weight excluding hydrogens is 378 g/mol. The lowest BCUT2D eigenvalue weighted by Crippen LogP contribution is -2.36. The topological polar surface area (TPSA) is 72.0 Å². The molecule has 0 aliphatic carbocycles. The summed E-state index contributed by atoms with van der Waals surface area (Å²) in [7, 11) is 0. The molecule has 2 N–H and O–H groups in total. The molecule has 160 valence electrons. The Morgan fingerprint density at radius 3 is 2.70 bits per heavy atom. The molecule has 1 aliphatic rings. The number of rotatable bonds is 7. The molecule has 6 nitrogen and oxygen atoms in total. The Balaban J connectivity index is 1.73. The van der Waals surface area contributed by atoms with Crippen molar-refractivity contribution >= 4 is 17.6 Å². The van der Waals surface area contributed by atoms with Crippen molar-refractivity contribution in [1.82, 2.24) is 5.32 Å². The van der Waals surface area contributed by atoms with E-state index in [1.165, 1.54) is 5.56 Å². The fraction of sp³-hybridized carbons (Fsp3) is 0.417. The van der Waals surface area contributed by atoms with Crippen LogP contribution in [0.25, 0.3) is 0 Å². The fourth-order valence-electron chi connectivity index (χ4n) is 3.25. The zero-order valence-corrected chi connectivity index (χ0v) is 18.0. The molecule has 1 saturated heterocycles. The van der Waals surface area contributed by atoms with Gasteiger partial charge in [-0.05, 0) is 67.6 Å². The van der Waals surface area contributed by atoms with Gasteiger partial charge in [0.25, 0.3) is 5.91 Å². The minimum Gasteiger partial charge on any atom is -0.494 e. The largest absolute Gasteiger partial charge is 0.494 e. The maximum Gasteiger partial charge on any atom is 0.257 e. The van der Waals surface area contributed by atoms with E-state index >= 15 is 0 Å². The summed E-state index contributed by atoms with van der Waals surface area (Å²) in [4.78, 5) is 17.4. The van der Waals surface area contributed by atoms with Crippen LogP contribution in [0.3, 0.4) is 0 Å². The van der Waals surface area contributed by atoms with Crippen LogP contribution in [0.1, 0.15) is 55.5 Å². The Kier molecular flexibility index (Phi) is 7.85. The van der Waals surface area contributed by atoms with Gasteiger partial charge in [0.1, 0.15) is 5.75 Å². The molecular formula is C24H31N3O3. The number of nitrogens with one attached hydrogen (secondary N) is 2. The quantitative estimate of drug-likeness (QED) is 0.518. The summed E-state index contributed by atoms with van der Waals surface area (Å²) in [6.07, 6.45) is 2.15. The lowest BCUT2D eigenvalue weighted by Gasteiger charge is -2.15. The van der Waals surface area contributed by atoms with Gasteiger partial charge in [0.05, 0.1) is 19.3 Å². The molecule has 0 saturated carbocycles. The Morgan fingerprint density at radius 1 is 1.23 bits per heavy atom. The molecule has 0 radical (unpaired) electrons. The van der Waals surface area contributed by atoms with Crippen LogP contribution in [0, 0.1) is 0 Å². The molecule has 3 rings (SSSR count). The van der Waals surface area contributed by atoms with E-state index in [9.17, 15) is 4.79 Å². The number of nitrogens with zero attached hydrogens (tertiary/aromatic N) is 1. The molecule has 1 atom stereocenters. The summed E-state index contributed by atoms with van der Waals surface area (Å²) in [6.45, 7) is 8.11. The van der Waals surface area contributed by atoms with Crippen LogP contribution in [0.4, 0.5) is 5.69 Å². The Morgan fingerprint density at radius 2 is 2.03 bits per heavy atom. The highest BCUT2D eigenvalue weighted by molar-refractivity contribution is 6.10. The number of hydrogen-bond acceptors (Lipinski definition) is 4. The number of carbonyl (C=O) groups is 1. The highest BCUT2D eigenvalue weighted by Crippen LogP contribution is 2.19. The van der Waals surface area contributed by atoms with Gasteiger partial charge in [0.15, 0.2) is 0 Å². The van der Waals surface area contributed by atoms with E-state index in [0.29, 0.717) is 30.6 Å². The first-order chi connectivity index (χ1) is 14.5. The van der Waals surface area contributed by atoms with Crippen LogP contribution < -0.4 is 15.4 Å². The Bertz CT molecular complexity index is 856. The number of guanidine groups is 1. The molecule has 0 spiro atoms. The van der Waals surface area contributed by atoms with Crippen molar-refractivity contribution in [3.8, 4) is 5.75 Å². The van der Waals surface area contributed by atoms with Crippen molar-refractivity contribution in [2.75, 3.05) is 25.1 Å². The lowest BCUT2D eigenvalue weighted by molar-refractivity contribution is 0.0975. The normalized spacial score (nSPS) is 16.5. The predicted molar refractivity (Wildman–Crippen MR) is 121 cm³/mol. The molecule has 6 heteroatoms. The molecule has 1 fully saturated rings. The summed E-state index contributed by atoms with van der Waals surface area (Å²) in [5.41, 5.74) is 2.65. The van der Waals surface area contributed by atoms with Crippen LogP contribution >= 0.6 is 0 Å². The van der Waals surface area contributed by atoms with Crippen molar-refractivity contribution in [2.45, 2.75) is 45.6 Å². The van der Waals surface area contributed by atoms with Crippen molar-refractivity contribution in [3.05, 3.63) is 59.7 Å². The van der Waals surface area contributed by atoms with Crippen LogP contribution in [-0.2, 0) is 4.74 Å². The van der Waals surface area contributed by atoms with Crippen LogP contribution in [0.5, 0.6) is 5.75 Å². The first kappa shape index (κ1) is 21.8. The monoisotopic (exact) mass is 409 g/mol. The van der Waals surface area contributed by atoms with Gasteiger partial charge in [-0.2, -0.15) is 0 Å². The molecule has 2 aromatic carbocycles. The van der Waals surface area contributed by atoms with E-state index in [0.717, 1.165) is 30.9 Å². The number of carbonyl (C=O) groups excluding carboxylic acids is 1. The number of aliphatic imine (C=N–C) groups is 1. The number of amides is 1. The van der Waals surface area contributed by atoms with Gasteiger partial charge in [-0.3, -0.25) is 10.1 Å². The lowest BCUT2D eigenvalue weighted by atomic mass is 10.0. The van der Waals surface area contributed by atoms with E-state index < -0.39 is 0 Å². The van der Waals surface area contributed by atoms with E-state index in [-0.39, 0.29) is 12.0 Å². The Hall–Kier alpha value is -2.86. The highest BCUT2D eigenvalue weighted by Gasteiger charge is 2.16. The SMILES string of the molecule is CCOc1ccc(C(=O)NC(=NCC2CCCO2)Nc2cccc(C(C)C)c2)cc1. The van der Waals surface area contributed by atoms with E-state index in [1.54, 1.807) is 24.3 Å². The van der Waals surface area contributed by atoms with Gasteiger partial charge < -0.3 is 14.8 Å². The Labute approximate surface area is 178 Å². The minimum atomic E-state index is -0.225. The number of benzene rings is 2. The van der Waals surface area contributed by atoms with Crippen LogP contribution in [-0.4, -0.2) is 37.7 Å². The van der Waals surface area contributed by atoms with Crippen LogP contribution in [0.2, 0.25) is 0 Å². The van der Waals surface area contributed by atoms with Crippen molar-refractivity contribution < 1.29 is 14.3 Å². The summed E-state index contributed by atoms with van der Waals surface area (Å²) >= 11 is 0. The molecule has 1 aliphatic heterocycles. The van der Waals surface area contributed by atoms with Gasteiger partial charge >= 0.3 is 0 Å². The second kappa shape index (κ2) is 10.8. The molecule has 1 heterocycles. The van der Waals surface area contributed by atoms with Gasteiger partial charge in [0.2, 0.25) is 5.96 Å². The third-order valence-electron chi connectivity index (χ3n) is 4.95. The smallest absolute Gasteiger partial charge is 0.257 e. The minimum absolute atomic E-state index is 0.103. The average molecular weight is 410 g/mol. The maximum absolute atomic E-state index is 12.8. The standard InChI is InChI=1S/C24H31N3O3/c1-4-29-21-12-10-18(11-13-21)23(28)27-24(25-16-22-9-6-14-30-22)26-20-8-5-7-19(15-20)17(2)3/h5,7-8,10-13,15,17,22H,4,6,9,14,16H2,1-3H3,(H2,25,26,27,28). The second-order valence-corrected chi connectivity index (χ2v) is 7.64. The molecule has 1 amide bonds. The number of ether oxygens (including phenoxy) is 2. The van der Waals surface area contributed by atoms with Crippen LogP contribution in [0.15, 0.2) is 53.5 Å². The zero-order valence-electron chi connectivity index (χ0n) is 18.0. The third-order valence-corrected chi connectivity index (χ3v) is 4.95. The predicted octanol–water partition coefficient (Wildman–Crippen LogP) is 4.59. The summed E-state index contributed by atoms with van der Waals surface area (Å²) in [5.74, 6) is 1.35. The third kappa shape index (κ3) is 6.32. The van der Waals surface area contributed by atoms with Gasteiger partial charge in [-0.15, -0.1) is 0 Å². The molecule has 2 aromatic rings. The summed E-state index contributed by atoms with van der Waals surface area (Å²) in [6, 6.07) is 15.2. The van der Waals surface area contributed by atoms with Gasteiger partial charge in [0, 0.05) is 17.9 Å². The van der Waals surface area contributed by atoms with E-state index in [4.69, 9.17) is 9.47 Å². The molecule has 0 bridgehead atoms. The molecule has 30 heavy (non-hydrogen) atoms. The first-order valence-electron chi connectivity index (χ1n) is 10.6. The van der Waals surface area contributed by atoms with Crippen molar-refractivity contribution in [3.63, 3.8) is 0 Å². The summed E-state index contributed by atoms with van der Waals surface area (Å²) < 4.78 is 11.1. The van der Waals surface area contributed by atoms with E-state index in [2.05, 4.69) is 41.6 Å². The first-order valence-corrected chi connectivity index (χ1v) is 10.6. The molecule has 1 unspecified atom stereocenters. The van der Waals surface area contributed by atoms with Gasteiger partial charge in [-0.1, -0.05) is 26.0 Å². The molecule has 0 aromatic heterocycles. The maximum atomic E-state index is 12.8. The number of hydrogen-bond donors (Lipinski definition) is 2. The average Bonchev–Trinajstić information content (AvgIpc) is 3.26. The fourth-order valence-corrected chi connectivity index (χ4v) is 3.25. The van der Waals surface area contributed by atoms with Gasteiger partial charge in [-0.25, -0.2) is 4.99 Å². The second-order valence-electron chi connectivity index (χ2n) is 7.64. The highest BCUT2D eigenvalue weighted by atomic mass is 16.5. The van der Waals surface area contributed by atoms with Crippen molar-refractivity contribution in [1.29, 1.82) is 0 Å². The zero-order chi connectivity index (χ0) is 21.3.